The summed E-state index contributed by atoms with van der Waals surface area (Å²) in [7, 11) is 0. The number of nitrogens with two attached hydrogens (primary N) is 2. The van der Waals surface area contributed by atoms with E-state index in [4.69, 9.17) is 11.5 Å². The molecule has 0 atom stereocenters. The van der Waals surface area contributed by atoms with Crippen LogP contribution in [-0.4, -0.2) is 0 Å². The van der Waals surface area contributed by atoms with Gasteiger partial charge in [0.15, 0.2) is 34.9 Å². The molecule has 4 nitrogen and oxygen atoms in total. The average Bonchev–Trinajstić information content (AvgIpc) is 2.79. The number of alkyl halides is 9. The molecule has 0 aliphatic rings. The summed E-state index contributed by atoms with van der Waals surface area (Å²) in [6, 6.07) is -0.0418. The summed E-state index contributed by atoms with van der Waals surface area (Å²) in [5.41, 5.74) is -1.99. The first-order valence-electron chi connectivity index (χ1n) is 9.72. The van der Waals surface area contributed by atoms with Crippen molar-refractivity contribution in [2.24, 2.45) is 0 Å². The minimum absolute atomic E-state index is 0.0919. The van der Waals surface area contributed by atoms with Gasteiger partial charge in [-0.25, -0.2) is 26.3 Å². The van der Waals surface area contributed by atoms with E-state index in [1.165, 1.54) is 0 Å². The van der Waals surface area contributed by atoms with Gasteiger partial charge in [-0.1, -0.05) is 0 Å². The highest BCUT2D eigenvalue weighted by atomic mass is 19.4. The molecule has 0 fully saturated rings. The van der Waals surface area contributed by atoms with E-state index in [2.05, 4.69) is 9.47 Å². The molecule has 4 N–H and O–H groups in total. The summed E-state index contributed by atoms with van der Waals surface area (Å²) < 4.78 is 212. The minimum Gasteiger partial charge on any atom is -0.451 e. The summed E-state index contributed by atoms with van der Waals surface area (Å²) in [5, 5.41) is 0. The van der Waals surface area contributed by atoms with Crippen molar-refractivity contribution in [3.8, 4) is 23.0 Å². The molecule has 0 spiro atoms. The molecule has 19 heteroatoms. The van der Waals surface area contributed by atoms with E-state index < -0.39 is 104 Å². The van der Waals surface area contributed by atoms with Gasteiger partial charge in [-0.05, 0) is 12.1 Å². The van der Waals surface area contributed by atoms with Crippen molar-refractivity contribution in [1.29, 1.82) is 0 Å². The van der Waals surface area contributed by atoms with Gasteiger partial charge >= 0.3 is 18.5 Å². The van der Waals surface area contributed by atoms with Gasteiger partial charge in [0, 0.05) is 6.07 Å². The number of rotatable bonds is 4. The van der Waals surface area contributed by atoms with Gasteiger partial charge in [-0.2, -0.15) is 39.5 Å². The maximum absolute atomic E-state index is 14.4. The third kappa shape index (κ3) is 5.31. The van der Waals surface area contributed by atoms with Crippen LogP contribution in [0.25, 0.3) is 0 Å². The first-order chi connectivity index (χ1) is 18.1. The quantitative estimate of drug-likeness (QED) is 0.232. The van der Waals surface area contributed by atoms with Crippen molar-refractivity contribution in [2.75, 3.05) is 11.5 Å². The molecular formula is C21H7F15N2O2. The van der Waals surface area contributed by atoms with Crippen LogP contribution in [0.1, 0.15) is 16.7 Å². The molecule has 0 radical (unpaired) electrons. The van der Waals surface area contributed by atoms with Crippen molar-refractivity contribution in [3.63, 3.8) is 0 Å². The highest BCUT2D eigenvalue weighted by Gasteiger charge is 2.44. The normalized spacial score (nSPS) is 12.6. The first-order valence-corrected chi connectivity index (χ1v) is 9.72. The highest BCUT2D eigenvalue weighted by molar-refractivity contribution is 5.57. The van der Waals surface area contributed by atoms with Crippen LogP contribution in [0.15, 0.2) is 18.2 Å². The molecule has 0 unspecified atom stereocenters. The van der Waals surface area contributed by atoms with Gasteiger partial charge in [0.2, 0.25) is 11.5 Å². The molecule has 3 aromatic rings. The fourth-order valence-electron chi connectivity index (χ4n) is 3.11. The molecule has 0 aromatic heterocycles. The highest BCUT2D eigenvalue weighted by Crippen LogP contribution is 2.47. The summed E-state index contributed by atoms with van der Waals surface area (Å²) >= 11 is 0. The number of nitrogen functional groups attached to an aromatic ring is 2. The molecule has 3 aromatic carbocycles. The van der Waals surface area contributed by atoms with E-state index in [1.54, 1.807) is 0 Å². The van der Waals surface area contributed by atoms with Crippen LogP contribution in [0.3, 0.4) is 0 Å². The van der Waals surface area contributed by atoms with Crippen molar-refractivity contribution in [3.05, 3.63) is 69.8 Å². The Hall–Kier alpha value is -4.19. The zero-order chi connectivity index (χ0) is 30.7. The van der Waals surface area contributed by atoms with Crippen molar-refractivity contribution < 1.29 is 75.3 Å². The zero-order valence-electron chi connectivity index (χ0n) is 18.4. The standard InChI is InChI=1S/C21H7F15N2O2/c22-9-7(20(31,32)33)11(24)17(13(26)15(9)37)39-4-1-2-5(19(28,29)30)6(3-4)40-18-12(25)8(21(34,35)36)10(23)16(38)14(18)27/h1-3H,37-38H2. The SMILES string of the molecule is Nc1c(F)c(Oc2ccc(C(F)(F)F)c(Oc3c(F)c(N)c(F)c(C(F)(F)F)c3F)c2)c(F)c(C(F)(F)F)c1F. The Labute approximate surface area is 210 Å². The molecule has 218 valence electrons. The van der Waals surface area contributed by atoms with Crippen LogP contribution in [0.4, 0.5) is 77.2 Å². The second-order valence-corrected chi connectivity index (χ2v) is 7.47. The molecule has 0 aliphatic heterocycles. The largest absolute Gasteiger partial charge is 0.451 e. The van der Waals surface area contributed by atoms with Gasteiger partial charge in [0.25, 0.3) is 0 Å². The lowest BCUT2D eigenvalue weighted by molar-refractivity contribution is -0.143. The topological polar surface area (TPSA) is 70.5 Å². The number of hydrogen-bond donors (Lipinski definition) is 2. The van der Waals surface area contributed by atoms with E-state index in [0.29, 0.717) is 0 Å². The Balaban J connectivity index is 2.24. The Kier molecular flexibility index (Phi) is 7.42. The summed E-state index contributed by atoms with van der Waals surface area (Å²) in [6.07, 6.45) is -17.3. The molecule has 3 rings (SSSR count). The Bertz CT molecular complexity index is 1490. The summed E-state index contributed by atoms with van der Waals surface area (Å²) in [4.78, 5) is 0. The lowest BCUT2D eigenvalue weighted by Crippen LogP contribution is -2.16. The van der Waals surface area contributed by atoms with Gasteiger partial charge in [-0.3, -0.25) is 0 Å². The Morgan fingerprint density at radius 2 is 0.900 bits per heavy atom. The third-order valence-corrected chi connectivity index (χ3v) is 4.88. The third-order valence-electron chi connectivity index (χ3n) is 4.88. The van der Waals surface area contributed by atoms with E-state index in [9.17, 15) is 65.9 Å². The molecule has 0 saturated carbocycles. The smallest absolute Gasteiger partial charge is 0.422 e. The number of ether oxygens (including phenoxy) is 2. The zero-order valence-corrected chi connectivity index (χ0v) is 18.4. The molecule has 0 bridgehead atoms. The van der Waals surface area contributed by atoms with Gasteiger partial charge in [0.1, 0.15) is 34.0 Å². The lowest BCUT2D eigenvalue weighted by atomic mass is 10.1. The van der Waals surface area contributed by atoms with Crippen LogP contribution < -0.4 is 20.9 Å². The van der Waals surface area contributed by atoms with Crippen molar-refractivity contribution >= 4 is 11.4 Å². The fourth-order valence-corrected chi connectivity index (χ4v) is 3.11. The van der Waals surface area contributed by atoms with Crippen LogP contribution in [0.2, 0.25) is 0 Å². The molecule has 0 heterocycles. The van der Waals surface area contributed by atoms with Crippen molar-refractivity contribution in [2.45, 2.75) is 18.5 Å². The number of anilines is 2. The molecule has 0 saturated heterocycles. The fraction of sp³-hybridized carbons (Fsp3) is 0.143. The number of hydrogen-bond acceptors (Lipinski definition) is 4. The maximum Gasteiger partial charge on any atom is 0.422 e. The van der Waals surface area contributed by atoms with E-state index >= 15 is 0 Å². The molecule has 0 amide bonds. The van der Waals surface area contributed by atoms with Crippen LogP contribution in [-0.2, 0) is 18.5 Å². The number of benzene rings is 3. The van der Waals surface area contributed by atoms with E-state index in [1.807, 2.05) is 0 Å². The van der Waals surface area contributed by atoms with Crippen LogP contribution >= 0.6 is 0 Å². The van der Waals surface area contributed by atoms with Gasteiger partial charge in [-0.15, -0.1) is 0 Å². The predicted octanol–water partition coefficient (Wildman–Crippen LogP) is 8.33. The van der Waals surface area contributed by atoms with E-state index in [-0.39, 0.29) is 18.2 Å². The van der Waals surface area contributed by atoms with Crippen LogP contribution in [0.5, 0.6) is 23.0 Å². The molecule has 40 heavy (non-hydrogen) atoms. The van der Waals surface area contributed by atoms with Crippen molar-refractivity contribution in [1.82, 2.24) is 0 Å². The molecule has 0 aliphatic carbocycles. The summed E-state index contributed by atoms with van der Waals surface area (Å²) in [6.45, 7) is 0. The summed E-state index contributed by atoms with van der Waals surface area (Å²) in [5.74, 6) is -23.3. The van der Waals surface area contributed by atoms with Crippen LogP contribution in [0, 0.1) is 34.9 Å². The minimum atomic E-state index is -5.92. The van der Waals surface area contributed by atoms with Gasteiger partial charge in [0.05, 0.1) is 5.56 Å². The average molecular weight is 604 g/mol. The first kappa shape index (κ1) is 30.4. The molecular weight excluding hydrogens is 597 g/mol. The number of halogens is 15. The second-order valence-electron chi connectivity index (χ2n) is 7.47. The Morgan fingerprint density at radius 1 is 0.500 bits per heavy atom. The van der Waals surface area contributed by atoms with Gasteiger partial charge < -0.3 is 20.9 Å². The monoisotopic (exact) mass is 604 g/mol. The van der Waals surface area contributed by atoms with E-state index in [0.717, 1.165) is 0 Å². The maximum atomic E-state index is 14.4. The second kappa shape index (κ2) is 9.77. The predicted molar refractivity (Wildman–Crippen MR) is 103 cm³/mol. The lowest BCUT2D eigenvalue weighted by Gasteiger charge is -2.19. The Morgan fingerprint density at radius 3 is 1.27 bits per heavy atom.